The van der Waals surface area contributed by atoms with Gasteiger partial charge in [0.25, 0.3) is 5.91 Å². The Morgan fingerprint density at radius 3 is 2.56 bits per heavy atom. The maximum absolute atomic E-state index is 12.8. The smallest absolute Gasteiger partial charge is 0.322 e. The number of nitrogens with zero attached hydrogens (tertiary/aromatic N) is 3. The molecule has 9 heteroatoms. The van der Waals surface area contributed by atoms with Crippen LogP contribution in [0.4, 0.5) is 18.9 Å². The van der Waals surface area contributed by atoms with E-state index in [0.29, 0.717) is 23.0 Å². The summed E-state index contributed by atoms with van der Waals surface area (Å²) in [5, 5.41) is 2.85. The number of amides is 1. The van der Waals surface area contributed by atoms with Crippen molar-refractivity contribution in [2.75, 3.05) is 5.32 Å². The first-order valence-corrected chi connectivity index (χ1v) is 8.05. The van der Waals surface area contributed by atoms with Gasteiger partial charge >= 0.3 is 6.18 Å². The highest BCUT2D eigenvalue weighted by molar-refractivity contribution is 6.29. The molecular weight excluding hydrogens is 381 g/mol. The molecule has 0 saturated heterocycles. The number of aromatic nitrogens is 3. The Morgan fingerprint density at radius 1 is 1.07 bits per heavy atom. The Labute approximate surface area is 157 Å². The Morgan fingerprint density at radius 2 is 1.85 bits per heavy atom. The summed E-state index contributed by atoms with van der Waals surface area (Å²) in [4.78, 5) is 23.5. The second-order valence-corrected chi connectivity index (χ2v) is 6.02. The van der Waals surface area contributed by atoms with E-state index in [0.717, 1.165) is 11.8 Å². The first kappa shape index (κ1) is 18.8. The van der Waals surface area contributed by atoms with Crippen LogP contribution >= 0.6 is 11.6 Å². The van der Waals surface area contributed by atoms with Gasteiger partial charge in [-0.25, -0.2) is 9.97 Å². The minimum absolute atomic E-state index is 0.149. The highest BCUT2D eigenvalue weighted by atomic mass is 35.5. The summed E-state index contributed by atoms with van der Waals surface area (Å²) in [6.45, 7) is 1.86. The molecule has 2 aromatic heterocycles. The third kappa shape index (κ3) is 4.40. The monoisotopic (exact) mass is 392 g/mol. The fraction of sp³-hybridized carbons (Fsp3) is 0.111. The van der Waals surface area contributed by atoms with Gasteiger partial charge in [0.2, 0.25) is 0 Å². The number of aryl methyl sites for hydroxylation is 1. The molecule has 5 nitrogen and oxygen atoms in total. The van der Waals surface area contributed by atoms with E-state index in [1.54, 1.807) is 24.3 Å². The molecule has 0 aliphatic rings. The van der Waals surface area contributed by atoms with Crippen molar-refractivity contribution in [2.45, 2.75) is 13.1 Å². The second kappa shape index (κ2) is 7.32. The van der Waals surface area contributed by atoms with Crippen LogP contribution in [0.15, 0.2) is 48.9 Å². The zero-order valence-corrected chi connectivity index (χ0v) is 14.6. The van der Waals surface area contributed by atoms with Crippen molar-refractivity contribution in [3.05, 3.63) is 70.9 Å². The highest BCUT2D eigenvalue weighted by Crippen LogP contribution is 2.29. The van der Waals surface area contributed by atoms with Crippen LogP contribution in [0.3, 0.4) is 0 Å². The molecule has 1 N–H and O–H groups in total. The SMILES string of the molecule is Cc1ccc(NC(=O)c2ccnc(C(F)(F)F)c2)cc1-c1cc(Cl)ncn1. The maximum atomic E-state index is 12.8. The van der Waals surface area contributed by atoms with Crippen LogP contribution < -0.4 is 5.32 Å². The minimum Gasteiger partial charge on any atom is -0.322 e. The normalized spacial score (nSPS) is 11.3. The Balaban J connectivity index is 1.88. The third-order valence-corrected chi connectivity index (χ3v) is 3.92. The Hall–Kier alpha value is -3.00. The molecule has 0 unspecified atom stereocenters. The average Bonchev–Trinajstić information content (AvgIpc) is 2.62. The zero-order chi connectivity index (χ0) is 19.6. The molecule has 3 aromatic rings. The number of pyridine rings is 1. The first-order valence-electron chi connectivity index (χ1n) is 7.67. The number of hydrogen-bond donors (Lipinski definition) is 1. The van der Waals surface area contributed by atoms with Crippen molar-refractivity contribution in [3.8, 4) is 11.3 Å². The lowest BCUT2D eigenvalue weighted by molar-refractivity contribution is -0.141. The summed E-state index contributed by atoms with van der Waals surface area (Å²) in [6, 6.07) is 8.56. The topological polar surface area (TPSA) is 67.8 Å². The Kier molecular flexibility index (Phi) is 5.09. The molecule has 2 heterocycles. The maximum Gasteiger partial charge on any atom is 0.433 e. The zero-order valence-electron chi connectivity index (χ0n) is 13.9. The van der Waals surface area contributed by atoms with Gasteiger partial charge in [-0.2, -0.15) is 13.2 Å². The van der Waals surface area contributed by atoms with Gasteiger partial charge in [0.1, 0.15) is 17.2 Å². The molecule has 0 spiro atoms. The molecule has 0 saturated carbocycles. The van der Waals surface area contributed by atoms with Gasteiger partial charge in [-0.3, -0.25) is 9.78 Å². The van der Waals surface area contributed by atoms with Gasteiger partial charge in [0.15, 0.2) is 0 Å². The number of rotatable bonds is 3. The van der Waals surface area contributed by atoms with Crippen LogP contribution in [0.1, 0.15) is 21.6 Å². The summed E-state index contributed by atoms with van der Waals surface area (Å²) in [6.07, 6.45) is -2.36. The fourth-order valence-electron chi connectivity index (χ4n) is 2.39. The van der Waals surface area contributed by atoms with E-state index < -0.39 is 17.8 Å². The number of hydrogen-bond acceptors (Lipinski definition) is 4. The molecule has 3 rings (SSSR count). The van der Waals surface area contributed by atoms with E-state index in [1.807, 2.05) is 6.92 Å². The van der Waals surface area contributed by atoms with E-state index in [9.17, 15) is 18.0 Å². The number of halogens is 4. The minimum atomic E-state index is -4.63. The van der Waals surface area contributed by atoms with Crippen LogP contribution in [-0.2, 0) is 6.18 Å². The van der Waals surface area contributed by atoms with Crippen molar-refractivity contribution >= 4 is 23.2 Å². The second-order valence-electron chi connectivity index (χ2n) is 5.64. The lowest BCUT2D eigenvalue weighted by Crippen LogP contribution is -2.15. The van der Waals surface area contributed by atoms with Crippen molar-refractivity contribution in [3.63, 3.8) is 0 Å². The first-order chi connectivity index (χ1) is 12.7. The van der Waals surface area contributed by atoms with E-state index in [4.69, 9.17) is 11.6 Å². The van der Waals surface area contributed by atoms with Gasteiger partial charge in [-0.1, -0.05) is 17.7 Å². The number of nitrogens with one attached hydrogen (secondary N) is 1. The summed E-state index contributed by atoms with van der Waals surface area (Å²) in [5.74, 6) is -0.682. The number of alkyl halides is 3. The van der Waals surface area contributed by atoms with Crippen molar-refractivity contribution in [1.82, 2.24) is 15.0 Å². The molecule has 0 atom stereocenters. The molecule has 27 heavy (non-hydrogen) atoms. The number of carbonyl (C=O) groups is 1. The lowest BCUT2D eigenvalue weighted by atomic mass is 10.0. The Bertz CT molecular complexity index is 1010. The van der Waals surface area contributed by atoms with Crippen LogP contribution in [0, 0.1) is 6.92 Å². The average molecular weight is 393 g/mol. The van der Waals surface area contributed by atoms with Crippen LogP contribution in [0.2, 0.25) is 5.15 Å². The summed E-state index contributed by atoms with van der Waals surface area (Å²) in [7, 11) is 0. The van der Waals surface area contributed by atoms with Gasteiger partial charge in [-0.15, -0.1) is 0 Å². The highest BCUT2D eigenvalue weighted by Gasteiger charge is 2.32. The largest absolute Gasteiger partial charge is 0.433 e. The van der Waals surface area contributed by atoms with E-state index >= 15 is 0 Å². The lowest BCUT2D eigenvalue weighted by Gasteiger charge is -2.11. The molecule has 0 aliphatic carbocycles. The van der Waals surface area contributed by atoms with Gasteiger partial charge in [0, 0.05) is 29.1 Å². The van der Waals surface area contributed by atoms with E-state index in [1.165, 1.54) is 12.4 Å². The van der Waals surface area contributed by atoms with Crippen molar-refractivity contribution in [2.24, 2.45) is 0 Å². The van der Waals surface area contributed by atoms with Crippen molar-refractivity contribution in [1.29, 1.82) is 0 Å². The third-order valence-electron chi connectivity index (χ3n) is 3.72. The molecule has 0 aliphatic heterocycles. The molecule has 138 valence electrons. The molecule has 0 radical (unpaired) electrons. The quantitative estimate of drug-likeness (QED) is 0.652. The van der Waals surface area contributed by atoms with Crippen LogP contribution in [0.25, 0.3) is 11.3 Å². The van der Waals surface area contributed by atoms with Crippen molar-refractivity contribution < 1.29 is 18.0 Å². The van der Waals surface area contributed by atoms with E-state index in [2.05, 4.69) is 20.3 Å². The summed E-state index contributed by atoms with van der Waals surface area (Å²) in [5.41, 5.74) is 1.28. The molecule has 1 amide bonds. The summed E-state index contributed by atoms with van der Waals surface area (Å²) >= 11 is 5.88. The standard InChI is InChI=1S/C18H12ClF3N4O/c1-10-2-3-12(7-13(10)14-8-16(19)25-9-24-14)26-17(27)11-4-5-23-15(6-11)18(20,21)22/h2-9H,1H3,(H,26,27). The van der Waals surface area contributed by atoms with Crippen LogP contribution in [0.5, 0.6) is 0 Å². The summed E-state index contributed by atoms with van der Waals surface area (Å²) < 4.78 is 38.3. The molecule has 0 fully saturated rings. The molecule has 0 bridgehead atoms. The number of anilines is 1. The number of carbonyl (C=O) groups excluding carboxylic acids is 1. The van der Waals surface area contributed by atoms with Gasteiger partial charge in [0.05, 0.1) is 5.69 Å². The van der Waals surface area contributed by atoms with Crippen LogP contribution in [-0.4, -0.2) is 20.9 Å². The predicted octanol–water partition coefficient (Wildman–Crippen LogP) is 4.77. The van der Waals surface area contributed by atoms with Gasteiger partial charge < -0.3 is 5.32 Å². The fourth-order valence-corrected chi connectivity index (χ4v) is 2.53. The molecule has 1 aromatic carbocycles. The molecular formula is C18H12ClF3N4O. The number of benzene rings is 1. The van der Waals surface area contributed by atoms with Gasteiger partial charge in [-0.05, 0) is 36.8 Å². The van der Waals surface area contributed by atoms with E-state index in [-0.39, 0.29) is 10.7 Å². The predicted molar refractivity (Wildman–Crippen MR) is 94.4 cm³/mol.